The highest BCUT2D eigenvalue weighted by atomic mass is 32.2. The standard InChI is InChI=1S/C33H47NO20S/c1-14(35)34-25-22(47-16(3)37)11-33(32(43)45-10,54-28(25)26(49-18(5)39)23(48-17(4)38)12-46-15(2)36)55-13-24-27(50-19(6)40)29(51-20(7)41)30(52-21(8)42)31(44-9)53-24/h22-31H,11-13H2,1-10H3,(H,34,35)/t22-,23+,24+,25+,26+,27+,28+,29-,30+,31-,33-/m0/s1. The van der Waals surface area contributed by atoms with Crippen molar-refractivity contribution < 1.29 is 95.3 Å². The summed E-state index contributed by atoms with van der Waals surface area (Å²) in [5.41, 5.74) is 0. The van der Waals surface area contributed by atoms with E-state index in [2.05, 4.69) is 5.32 Å². The van der Waals surface area contributed by atoms with Crippen molar-refractivity contribution in [1.29, 1.82) is 0 Å². The largest absolute Gasteiger partial charge is 0.466 e. The predicted octanol–water partition coefficient (Wildman–Crippen LogP) is -0.593. The van der Waals surface area contributed by atoms with Crippen LogP contribution < -0.4 is 5.32 Å². The number of ether oxygens (including phenoxy) is 11. The van der Waals surface area contributed by atoms with Crippen molar-refractivity contribution in [2.75, 3.05) is 26.6 Å². The van der Waals surface area contributed by atoms with Gasteiger partial charge in [-0.25, -0.2) is 4.79 Å². The van der Waals surface area contributed by atoms with Crippen LogP contribution in [-0.4, -0.2) is 146 Å². The molecule has 2 aliphatic heterocycles. The summed E-state index contributed by atoms with van der Waals surface area (Å²) in [7, 11) is 2.21. The number of rotatable bonds is 16. The zero-order chi connectivity index (χ0) is 41.8. The van der Waals surface area contributed by atoms with Gasteiger partial charge in [-0.05, 0) is 0 Å². The van der Waals surface area contributed by atoms with E-state index in [0.29, 0.717) is 11.8 Å². The van der Waals surface area contributed by atoms with Gasteiger partial charge in [0.05, 0.1) is 13.2 Å². The molecule has 0 aliphatic carbocycles. The summed E-state index contributed by atoms with van der Waals surface area (Å²) in [4.78, 5) is 110. The lowest BCUT2D eigenvalue weighted by Gasteiger charge is -2.49. The molecule has 0 aromatic carbocycles. The van der Waals surface area contributed by atoms with E-state index in [1.165, 1.54) is 7.11 Å². The van der Waals surface area contributed by atoms with Gasteiger partial charge in [-0.3, -0.25) is 38.4 Å². The highest BCUT2D eigenvalue weighted by Crippen LogP contribution is 2.44. The second kappa shape index (κ2) is 20.9. The molecule has 0 aromatic rings. The minimum absolute atomic E-state index is 0.402. The molecule has 1 amide bonds. The lowest BCUT2D eigenvalue weighted by Crippen LogP contribution is -2.68. The predicted molar refractivity (Wildman–Crippen MR) is 180 cm³/mol. The molecule has 22 heteroatoms. The van der Waals surface area contributed by atoms with Gasteiger partial charge in [-0.2, -0.15) is 0 Å². The van der Waals surface area contributed by atoms with Crippen molar-refractivity contribution in [3.05, 3.63) is 0 Å². The van der Waals surface area contributed by atoms with Crippen LogP contribution in [0.15, 0.2) is 0 Å². The number of esters is 8. The third-order valence-corrected chi connectivity index (χ3v) is 9.10. The van der Waals surface area contributed by atoms with E-state index in [-0.39, 0.29) is 0 Å². The van der Waals surface area contributed by atoms with Crippen molar-refractivity contribution in [1.82, 2.24) is 5.32 Å². The molecule has 2 rings (SSSR count). The molecule has 0 unspecified atom stereocenters. The van der Waals surface area contributed by atoms with E-state index >= 15 is 0 Å². The summed E-state index contributed by atoms with van der Waals surface area (Å²) >= 11 is 0.645. The van der Waals surface area contributed by atoms with E-state index in [1.807, 2.05) is 0 Å². The molecule has 0 radical (unpaired) electrons. The average molecular weight is 810 g/mol. The van der Waals surface area contributed by atoms with Crippen LogP contribution in [0.4, 0.5) is 0 Å². The number of carbonyl (C=O) groups is 9. The Morgan fingerprint density at radius 2 is 1.25 bits per heavy atom. The van der Waals surface area contributed by atoms with Crippen molar-refractivity contribution in [3.63, 3.8) is 0 Å². The fraction of sp³-hybridized carbons (Fsp3) is 0.727. The normalized spacial score (nSPS) is 28.5. The SMILES string of the molecule is COC(=O)[C@@]1(SC[C@H]2O[C@H](OC)[C@H](OC(C)=O)[C@@H](OC(C)=O)[C@@H]2OC(C)=O)C[C@H](OC(C)=O)[C@@H](NC(C)=O)[C@H]([C@H](OC(C)=O)[C@@H](COC(C)=O)OC(C)=O)O1. The Labute approximate surface area is 320 Å². The van der Waals surface area contributed by atoms with Gasteiger partial charge in [0.15, 0.2) is 36.8 Å². The van der Waals surface area contributed by atoms with Crippen LogP contribution in [0.2, 0.25) is 0 Å². The van der Waals surface area contributed by atoms with E-state index in [9.17, 15) is 43.2 Å². The first-order valence-corrected chi connectivity index (χ1v) is 17.6. The van der Waals surface area contributed by atoms with E-state index in [1.54, 1.807) is 0 Å². The summed E-state index contributed by atoms with van der Waals surface area (Å²) in [6.45, 7) is 7.73. The maximum absolute atomic E-state index is 13.9. The molecular formula is C33H47NO20S. The summed E-state index contributed by atoms with van der Waals surface area (Å²) in [5, 5.41) is 2.57. The van der Waals surface area contributed by atoms with E-state index in [4.69, 9.17) is 52.1 Å². The fourth-order valence-corrected chi connectivity index (χ4v) is 7.31. The molecule has 0 spiro atoms. The molecule has 310 valence electrons. The first-order valence-electron chi connectivity index (χ1n) is 16.7. The molecule has 55 heavy (non-hydrogen) atoms. The third-order valence-electron chi connectivity index (χ3n) is 7.71. The monoisotopic (exact) mass is 809 g/mol. The molecule has 2 saturated heterocycles. The first kappa shape index (κ1) is 46.6. The summed E-state index contributed by atoms with van der Waals surface area (Å²) in [6.07, 6.45) is -14.3. The number of nitrogens with one attached hydrogen (secondary N) is 1. The summed E-state index contributed by atoms with van der Waals surface area (Å²) in [6, 6.07) is -1.42. The second-order valence-corrected chi connectivity index (χ2v) is 13.5. The molecule has 21 nitrogen and oxygen atoms in total. The maximum Gasteiger partial charge on any atom is 0.348 e. The highest BCUT2D eigenvalue weighted by molar-refractivity contribution is 8.01. The van der Waals surface area contributed by atoms with Crippen molar-refractivity contribution >= 4 is 65.4 Å². The first-order chi connectivity index (χ1) is 25.6. The number of methoxy groups -OCH3 is 2. The number of thioether (sulfide) groups is 1. The zero-order valence-electron chi connectivity index (χ0n) is 32.0. The number of amides is 1. The number of hydrogen-bond acceptors (Lipinski definition) is 21. The molecule has 1 N–H and O–H groups in total. The highest BCUT2D eigenvalue weighted by Gasteiger charge is 2.60. The third kappa shape index (κ3) is 13.6. The molecule has 0 saturated carbocycles. The van der Waals surface area contributed by atoms with Crippen LogP contribution in [-0.2, 0) is 95.3 Å². The quantitative estimate of drug-likeness (QED) is 0.151. The van der Waals surface area contributed by atoms with Gasteiger partial charge in [0.25, 0.3) is 0 Å². The number of hydrogen-bond donors (Lipinski definition) is 1. The molecular weight excluding hydrogens is 762 g/mol. The van der Waals surface area contributed by atoms with Gasteiger partial charge < -0.3 is 57.4 Å². The Kier molecular flexibility index (Phi) is 17.8. The molecule has 0 aromatic heterocycles. The second-order valence-electron chi connectivity index (χ2n) is 12.2. The van der Waals surface area contributed by atoms with Gasteiger partial charge in [0.1, 0.15) is 24.9 Å². The minimum Gasteiger partial charge on any atom is -0.466 e. The Bertz CT molecular complexity index is 1460. The van der Waals surface area contributed by atoms with Crippen LogP contribution in [0.1, 0.15) is 61.8 Å². The molecule has 11 atom stereocenters. The maximum atomic E-state index is 13.9. The van der Waals surface area contributed by atoms with Gasteiger partial charge in [0, 0.05) is 74.7 Å². The Hall–Kier alpha value is -4.54. The molecule has 2 aliphatic rings. The van der Waals surface area contributed by atoms with Crippen LogP contribution >= 0.6 is 11.8 Å². The lowest BCUT2D eigenvalue weighted by molar-refractivity contribution is -0.294. The Balaban J connectivity index is 2.82. The van der Waals surface area contributed by atoms with Gasteiger partial charge in [-0.15, -0.1) is 11.8 Å². The van der Waals surface area contributed by atoms with Gasteiger partial charge in [-0.1, -0.05) is 0 Å². The van der Waals surface area contributed by atoms with Gasteiger partial charge in [0.2, 0.25) is 10.8 Å². The average Bonchev–Trinajstić information content (AvgIpc) is 3.05. The number of carbonyl (C=O) groups excluding carboxylic acids is 9. The lowest BCUT2D eigenvalue weighted by atomic mass is 9.89. The van der Waals surface area contributed by atoms with E-state index < -0.39 is 139 Å². The van der Waals surface area contributed by atoms with Gasteiger partial charge >= 0.3 is 47.8 Å². The summed E-state index contributed by atoms with van der Waals surface area (Å²) in [5.74, 6) is -8.31. The Morgan fingerprint density at radius 3 is 1.73 bits per heavy atom. The van der Waals surface area contributed by atoms with Crippen molar-refractivity contribution in [2.45, 2.75) is 128 Å². The zero-order valence-corrected chi connectivity index (χ0v) is 32.8. The summed E-state index contributed by atoms with van der Waals surface area (Å²) < 4.78 is 60.9. The smallest absolute Gasteiger partial charge is 0.348 e. The molecule has 0 bridgehead atoms. The fourth-order valence-electron chi connectivity index (χ4n) is 5.94. The van der Waals surface area contributed by atoms with E-state index in [0.717, 1.165) is 62.5 Å². The van der Waals surface area contributed by atoms with Crippen molar-refractivity contribution in [3.8, 4) is 0 Å². The topological polar surface area (TPSA) is 267 Å². The van der Waals surface area contributed by atoms with Crippen LogP contribution in [0.25, 0.3) is 0 Å². The molecule has 2 fully saturated rings. The Morgan fingerprint density at radius 1 is 0.709 bits per heavy atom. The molecule has 2 heterocycles. The van der Waals surface area contributed by atoms with Crippen molar-refractivity contribution in [2.24, 2.45) is 0 Å². The minimum atomic E-state index is -2.27. The van der Waals surface area contributed by atoms with Crippen LogP contribution in [0.5, 0.6) is 0 Å². The van der Waals surface area contributed by atoms with Crippen LogP contribution in [0.3, 0.4) is 0 Å². The van der Waals surface area contributed by atoms with Crippen LogP contribution in [0, 0.1) is 0 Å².